The second-order valence-corrected chi connectivity index (χ2v) is 3.82. The van der Waals surface area contributed by atoms with Gasteiger partial charge >= 0.3 is 0 Å². The Morgan fingerprint density at radius 3 is 2.63 bits per heavy atom. The number of pyridine rings is 1. The van der Waals surface area contributed by atoms with Gasteiger partial charge in [0.25, 0.3) is 5.69 Å². The van der Waals surface area contributed by atoms with Crippen LogP contribution in [0.5, 0.6) is 0 Å². The van der Waals surface area contributed by atoms with Crippen LogP contribution in [0.1, 0.15) is 5.56 Å². The van der Waals surface area contributed by atoms with Crippen molar-refractivity contribution in [1.29, 1.82) is 5.26 Å². The molecule has 94 valence electrons. The summed E-state index contributed by atoms with van der Waals surface area (Å²) >= 11 is 0. The predicted molar refractivity (Wildman–Crippen MR) is 67.8 cm³/mol. The summed E-state index contributed by atoms with van der Waals surface area (Å²) in [5, 5.41) is 19.2. The maximum Gasteiger partial charge on any atom is 0.269 e. The summed E-state index contributed by atoms with van der Waals surface area (Å²) in [4.78, 5) is 13.8. The summed E-state index contributed by atoms with van der Waals surface area (Å²) in [5.41, 5.74) is 1.50. The summed E-state index contributed by atoms with van der Waals surface area (Å²) in [5.74, 6) is 0. The number of nitrogens with zero attached hydrogens (tertiary/aromatic N) is 4. The molecule has 2 aromatic rings. The van der Waals surface area contributed by atoms with Gasteiger partial charge in [-0.3, -0.25) is 10.1 Å². The fraction of sp³-hybridized carbons (Fsp3) is 0.0769. The normalized spacial score (nSPS) is 11.0. The fourth-order valence-corrected chi connectivity index (χ4v) is 1.67. The standard InChI is InChI=1S/C13H10N4O2/c14-10-15-13-3-1-2-8-16(13)9-11-4-6-12(7-5-11)17(18)19/h1-8H,9H2/b15-13+. The zero-order valence-electron chi connectivity index (χ0n) is 9.93. The molecular formula is C13H10N4O2. The van der Waals surface area contributed by atoms with E-state index in [4.69, 9.17) is 5.26 Å². The molecule has 0 N–H and O–H groups in total. The number of hydrogen-bond acceptors (Lipinski definition) is 4. The van der Waals surface area contributed by atoms with E-state index in [0.717, 1.165) is 5.56 Å². The third kappa shape index (κ3) is 3.04. The predicted octanol–water partition coefficient (Wildman–Crippen LogP) is 1.83. The minimum absolute atomic E-state index is 0.0590. The Balaban J connectivity index is 2.30. The van der Waals surface area contributed by atoms with Gasteiger partial charge in [-0.1, -0.05) is 18.2 Å². The van der Waals surface area contributed by atoms with Gasteiger partial charge in [0.05, 0.1) is 4.92 Å². The Hall–Kier alpha value is -2.94. The quantitative estimate of drug-likeness (QED) is 0.475. The molecule has 0 amide bonds. The maximum absolute atomic E-state index is 10.6. The average Bonchev–Trinajstić information content (AvgIpc) is 2.42. The molecule has 0 aliphatic rings. The Bertz CT molecular complexity index is 696. The minimum Gasteiger partial charge on any atom is -0.328 e. The van der Waals surface area contributed by atoms with Crippen molar-refractivity contribution in [2.45, 2.75) is 6.54 Å². The molecule has 0 atom stereocenters. The van der Waals surface area contributed by atoms with E-state index < -0.39 is 4.92 Å². The molecule has 0 saturated carbocycles. The first kappa shape index (κ1) is 12.5. The summed E-state index contributed by atoms with van der Waals surface area (Å²) in [6, 6.07) is 11.7. The number of nitro groups is 1. The van der Waals surface area contributed by atoms with Crippen molar-refractivity contribution < 1.29 is 4.92 Å². The molecule has 0 radical (unpaired) electrons. The second-order valence-electron chi connectivity index (χ2n) is 3.82. The van der Waals surface area contributed by atoms with Crippen molar-refractivity contribution in [2.24, 2.45) is 4.99 Å². The molecule has 1 aromatic carbocycles. The lowest BCUT2D eigenvalue weighted by molar-refractivity contribution is -0.384. The smallest absolute Gasteiger partial charge is 0.269 e. The fourth-order valence-electron chi connectivity index (χ4n) is 1.67. The summed E-state index contributed by atoms with van der Waals surface area (Å²) in [6.07, 6.45) is 3.55. The van der Waals surface area contributed by atoms with E-state index >= 15 is 0 Å². The molecular weight excluding hydrogens is 244 g/mol. The third-order valence-electron chi connectivity index (χ3n) is 2.58. The van der Waals surface area contributed by atoms with Gasteiger partial charge in [0.2, 0.25) is 6.19 Å². The number of benzene rings is 1. The SMILES string of the molecule is N#C/N=c1\ccccn1Cc1ccc([N+](=O)[O-])cc1. The minimum atomic E-state index is -0.435. The molecule has 0 spiro atoms. The second kappa shape index (κ2) is 5.60. The molecule has 0 fully saturated rings. The molecule has 0 saturated heterocycles. The number of nitriles is 1. The first-order valence-corrected chi connectivity index (χ1v) is 5.52. The van der Waals surface area contributed by atoms with Crippen molar-refractivity contribution in [1.82, 2.24) is 4.57 Å². The number of hydrogen-bond donors (Lipinski definition) is 0. The maximum atomic E-state index is 10.6. The monoisotopic (exact) mass is 254 g/mol. The molecule has 6 heteroatoms. The van der Waals surface area contributed by atoms with Crippen LogP contribution in [-0.4, -0.2) is 9.49 Å². The molecule has 19 heavy (non-hydrogen) atoms. The van der Waals surface area contributed by atoms with Crippen LogP contribution < -0.4 is 5.49 Å². The van der Waals surface area contributed by atoms with Crippen LogP contribution >= 0.6 is 0 Å². The highest BCUT2D eigenvalue weighted by Gasteiger charge is 2.04. The van der Waals surface area contributed by atoms with Gasteiger partial charge in [-0.15, -0.1) is 0 Å². The topological polar surface area (TPSA) is 84.2 Å². The largest absolute Gasteiger partial charge is 0.328 e. The van der Waals surface area contributed by atoms with Gasteiger partial charge < -0.3 is 4.57 Å². The first-order chi connectivity index (χ1) is 9.20. The number of nitro benzene ring substituents is 1. The zero-order chi connectivity index (χ0) is 13.7. The van der Waals surface area contributed by atoms with Crippen molar-refractivity contribution in [3.63, 3.8) is 0 Å². The lowest BCUT2D eigenvalue weighted by Crippen LogP contribution is -2.19. The van der Waals surface area contributed by atoms with Crippen LogP contribution in [0.25, 0.3) is 0 Å². The first-order valence-electron chi connectivity index (χ1n) is 5.52. The van der Waals surface area contributed by atoms with Crippen molar-refractivity contribution in [2.75, 3.05) is 0 Å². The molecule has 1 aromatic heterocycles. The third-order valence-corrected chi connectivity index (χ3v) is 2.58. The van der Waals surface area contributed by atoms with Gasteiger partial charge in [0, 0.05) is 24.9 Å². The van der Waals surface area contributed by atoms with E-state index in [1.54, 1.807) is 41.2 Å². The summed E-state index contributed by atoms with van der Waals surface area (Å²) in [6.45, 7) is 0.499. The van der Waals surface area contributed by atoms with E-state index in [9.17, 15) is 10.1 Å². The van der Waals surface area contributed by atoms with Crippen LogP contribution in [0.4, 0.5) is 5.69 Å². The van der Waals surface area contributed by atoms with Gasteiger partial charge in [-0.05, 0) is 17.7 Å². The Labute approximate surface area is 109 Å². The van der Waals surface area contributed by atoms with Crippen LogP contribution in [0.3, 0.4) is 0 Å². The Morgan fingerprint density at radius 2 is 2.00 bits per heavy atom. The zero-order valence-corrected chi connectivity index (χ0v) is 9.93. The van der Waals surface area contributed by atoms with Crippen LogP contribution in [0.2, 0.25) is 0 Å². The van der Waals surface area contributed by atoms with E-state index in [1.807, 2.05) is 6.07 Å². The molecule has 2 rings (SSSR count). The summed E-state index contributed by atoms with van der Waals surface area (Å²) < 4.78 is 1.80. The molecule has 0 bridgehead atoms. The van der Waals surface area contributed by atoms with Gasteiger partial charge in [-0.2, -0.15) is 10.3 Å². The van der Waals surface area contributed by atoms with Crippen LogP contribution in [0.15, 0.2) is 53.7 Å². The van der Waals surface area contributed by atoms with Crippen molar-refractivity contribution >= 4 is 5.69 Å². The lowest BCUT2D eigenvalue weighted by Gasteiger charge is -2.06. The number of non-ortho nitro benzene ring substituents is 1. The summed E-state index contributed by atoms with van der Waals surface area (Å²) in [7, 11) is 0. The molecule has 6 nitrogen and oxygen atoms in total. The highest BCUT2D eigenvalue weighted by molar-refractivity contribution is 5.32. The highest BCUT2D eigenvalue weighted by Crippen LogP contribution is 2.12. The van der Waals surface area contributed by atoms with Gasteiger partial charge in [0.1, 0.15) is 5.49 Å². The van der Waals surface area contributed by atoms with Crippen LogP contribution in [-0.2, 0) is 6.54 Å². The Kier molecular flexibility index (Phi) is 3.69. The molecule has 0 unspecified atom stereocenters. The average molecular weight is 254 g/mol. The van der Waals surface area contributed by atoms with Gasteiger partial charge in [-0.25, -0.2) is 0 Å². The number of rotatable bonds is 3. The Morgan fingerprint density at radius 1 is 1.26 bits per heavy atom. The van der Waals surface area contributed by atoms with Gasteiger partial charge in [0.15, 0.2) is 0 Å². The lowest BCUT2D eigenvalue weighted by atomic mass is 10.2. The number of aromatic nitrogens is 1. The molecule has 1 heterocycles. The van der Waals surface area contributed by atoms with E-state index in [0.29, 0.717) is 12.0 Å². The van der Waals surface area contributed by atoms with E-state index in [1.165, 1.54) is 12.1 Å². The van der Waals surface area contributed by atoms with Crippen molar-refractivity contribution in [3.8, 4) is 6.19 Å². The van der Waals surface area contributed by atoms with Crippen molar-refractivity contribution in [3.05, 3.63) is 69.8 Å². The highest BCUT2D eigenvalue weighted by atomic mass is 16.6. The molecule has 0 aliphatic carbocycles. The van der Waals surface area contributed by atoms with Crippen LogP contribution in [0, 0.1) is 21.6 Å². The molecule has 0 aliphatic heterocycles. The van der Waals surface area contributed by atoms with E-state index in [-0.39, 0.29) is 5.69 Å². The van der Waals surface area contributed by atoms with E-state index in [2.05, 4.69) is 4.99 Å².